The van der Waals surface area contributed by atoms with Crippen molar-refractivity contribution < 1.29 is 29.0 Å². The average Bonchev–Trinajstić information content (AvgIpc) is 2.49. The molecule has 0 aliphatic carbocycles. The standard InChI is InChI=1S/C14H16N2O6/c1-9(17)15-16-13(19)8-22-14(20)6-4-10-3-5-11(18)12(7-10)21-2/h3-7,18H,8H2,1-2H3,(H,15,17)(H,16,19)/b6-4+. The first-order chi connectivity index (χ1) is 10.4. The van der Waals surface area contributed by atoms with Gasteiger partial charge in [-0.2, -0.15) is 0 Å². The van der Waals surface area contributed by atoms with Crippen molar-refractivity contribution in [1.82, 2.24) is 10.9 Å². The van der Waals surface area contributed by atoms with Crippen molar-refractivity contribution in [2.24, 2.45) is 0 Å². The number of carbonyl (C=O) groups excluding carboxylic acids is 3. The third kappa shape index (κ3) is 5.95. The summed E-state index contributed by atoms with van der Waals surface area (Å²) in [6, 6.07) is 4.53. The fourth-order valence-corrected chi connectivity index (χ4v) is 1.34. The number of hydrogen-bond acceptors (Lipinski definition) is 6. The van der Waals surface area contributed by atoms with E-state index in [0.29, 0.717) is 5.56 Å². The van der Waals surface area contributed by atoms with Crippen molar-refractivity contribution in [2.45, 2.75) is 6.92 Å². The molecule has 2 amide bonds. The van der Waals surface area contributed by atoms with Crippen LogP contribution in [-0.4, -0.2) is 36.6 Å². The Kier molecular flexibility index (Phi) is 6.42. The summed E-state index contributed by atoms with van der Waals surface area (Å²) in [6.07, 6.45) is 2.56. The van der Waals surface area contributed by atoms with Crippen molar-refractivity contribution in [1.29, 1.82) is 0 Å². The van der Waals surface area contributed by atoms with Crippen molar-refractivity contribution in [3.63, 3.8) is 0 Å². The summed E-state index contributed by atoms with van der Waals surface area (Å²) in [5.41, 5.74) is 4.71. The molecule has 1 aromatic carbocycles. The number of benzene rings is 1. The number of carbonyl (C=O) groups is 3. The molecule has 0 radical (unpaired) electrons. The molecule has 0 aliphatic rings. The SMILES string of the molecule is COc1cc(/C=C/C(=O)OCC(=O)NNC(C)=O)ccc1O. The van der Waals surface area contributed by atoms with Gasteiger partial charge in [0.2, 0.25) is 5.91 Å². The summed E-state index contributed by atoms with van der Waals surface area (Å²) >= 11 is 0. The van der Waals surface area contributed by atoms with Crippen LogP contribution < -0.4 is 15.6 Å². The lowest BCUT2D eigenvalue weighted by atomic mass is 10.2. The number of amides is 2. The van der Waals surface area contributed by atoms with Gasteiger partial charge in [0.1, 0.15) is 0 Å². The Balaban J connectivity index is 2.47. The highest BCUT2D eigenvalue weighted by molar-refractivity contribution is 5.89. The smallest absolute Gasteiger partial charge is 0.331 e. The first-order valence-electron chi connectivity index (χ1n) is 6.19. The molecule has 0 saturated heterocycles. The zero-order valence-electron chi connectivity index (χ0n) is 12.1. The molecule has 0 aromatic heterocycles. The van der Waals surface area contributed by atoms with Gasteiger partial charge in [0.25, 0.3) is 5.91 Å². The van der Waals surface area contributed by atoms with E-state index < -0.39 is 24.4 Å². The van der Waals surface area contributed by atoms with Crippen molar-refractivity contribution in [3.8, 4) is 11.5 Å². The Morgan fingerprint density at radius 3 is 2.64 bits per heavy atom. The topological polar surface area (TPSA) is 114 Å². The monoisotopic (exact) mass is 308 g/mol. The maximum atomic E-state index is 11.4. The van der Waals surface area contributed by atoms with Crippen LogP contribution >= 0.6 is 0 Å². The summed E-state index contributed by atoms with van der Waals surface area (Å²) in [5, 5.41) is 9.43. The first kappa shape index (κ1) is 17.0. The van der Waals surface area contributed by atoms with Gasteiger partial charge in [0.15, 0.2) is 18.1 Å². The van der Waals surface area contributed by atoms with Crippen molar-refractivity contribution >= 4 is 23.9 Å². The third-order valence-corrected chi connectivity index (χ3v) is 2.34. The van der Waals surface area contributed by atoms with E-state index in [-0.39, 0.29) is 11.5 Å². The summed E-state index contributed by atoms with van der Waals surface area (Å²) in [6.45, 7) is 0.698. The van der Waals surface area contributed by atoms with Gasteiger partial charge in [0.05, 0.1) is 7.11 Å². The summed E-state index contributed by atoms with van der Waals surface area (Å²) in [5.74, 6) is -1.59. The van der Waals surface area contributed by atoms with Crippen LogP contribution in [0, 0.1) is 0 Å². The van der Waals surface area contributed by atoms with Crippen LogP contribution in [0.3, 0.4) is 0 Å². The molecule has 1 rings (SSSR count). The lowest BCUT2D eigenvalue weighted by Crippen LogP contribution is -2.42. The molecule has 0 fully saturated rings. The normalized spacial score (nSPS) is 10.1. The Labute approximate surface area is 126 Å². The predicted molar refractivity (Wildman–Crippen MR) is 76.6 cm³/mol. The number of hydrogen-bond donors (Lipinski definition) is 3. The highest BCUT2D eigenvalue weighted by Gasteiger charge is 2.05. The quantitative estimate of drug-likeness (QED) is 0.404. The van der Waals surface area contributed by atoms with Gasteiger partial charge in [-0.15, -0.1) is 0 Å². The molecule has 1 aromatic rings. The van der Waals surface area contributed by atoms with Crippen LogP contribution in [0.2, 0.25) is 0 Å². The summed E-state index contributed by atoms with van der Waals surface area (Å²) in [7, 11) is 1.41. The molecule has 118 valence electrons. The number of nitrogens with one attached hydrogen (secondary N) is 2. The molecule has 0 aliphatic heterocycles. The molecule has 8 nitrogen and oxygen atoms in total. The molecule has 0 heterocycles. The molecule has 0 bridgehead atoms. The maximum Gasteiger partial charge on any atom is 0.331 e. The first-order valence-corrected chi connectivity index (χ1v) is 6.19. The van der Waals surface area contributed by atoms with Crippen LogP contribution in [0.25, 0.3) is 6.08 Å². The second-order valence-corrected chi connectivity index (χ2v) is 4.10. The number of hydrazine groups is 1. The largest absolute Gasteiger partial charge is 0.504 e. The number of rotatable bonds is 5. The van der Waals surface area contributed by atoms with E-state index in [1.54, 1.807) is 6.07 Å². The molecule has 0 unspecified atom stereocenters. The van der Waals surface area contributed by atoms with E-state index in [4.69, 9.17) is 4.74 Å². The van der Waals surface area contributed by atoms with E-state index in [1.165, 1.54) is 32.2 Å². The average molecular weight is 308 g/mol. The second kappa shape index (κ2) is 8.30. The highest BCUT2D eigenvalue weighted by Crippen LogP contribution is 2.26. The summed E-state index contributed by atoms with van der Waals surface area (Å²) < 4.78 is 9.60. The maximum absolute atomic E-state index is 11.4. The molecular weight excluding hydrogens is 292 g/mol. The van der Waals surface area contributed by atoms with Crippen LogP contribution in [-0.2, 0) is 19.1 Å². The van der Waals surface area contributed by atoms with Gasteiger partial charge < -0.3 is 14.6 Å². The minimum Gasteiger partial charge on any atom is -0.504 e. The zero-order chi connectivity index (χ0) is 16.5. The van der Waals surface area contributed by atoms with Crippen LogP contribution in [0.1, 0.15) is 12.5 Å². The molecule has 0 spiro atoms. The van der Waals surface area contributed by atoms with E-state index in [1.807, 2.05) is 5.43 Å². The Morgan fingerprint density at radius 2 is 2.00 bits per heavy atom. The van der Waals surface area contributed by atoms with Gasteiger partial charge in [-0.25, -0.2) is 4.79 Å². The number of phenols is 1. The summed E-state index contributed by atoms with van der Waals surface area (Å²) in [4.78, 5) is 33.1. The number of esters is 1. The van der Waals surface area contributed by atoms with E-state index in [0.717, 1.165) is 6.08 Å². The van der Waals surface area contributed by atoms with Gasteiger partial charge in [-0.05, 0) is 23.8 Å². The fourth-order valence-electron chi connectivity index (χ4n) is 1.34. The molecular formula is C14H16N2O6. The van der Waals surface area contributed by atoms with Crippen LogP contribution in [0.5, 0.6) is 11.5 Å². The number of ether oxygens (including phenoxy) is 2. The van der Waals surface area contributed by atoms with E-state index >= 15 is 0 Å². The molecule has 0 saturated carbocycles. The Hall–Kier alpha value is -3.03. The number of aromatic hydroxyl groups is 1. The highest BCUT2D eigenvalue weighted by atomic mass is 16.5. The van der Waals surface area contributed by atoms with E-state index in [2.05, 4.69) is 10.2 Å². The minimum absolute atomic E-state index is 0.0168. The molecule has 8 heteroatoms. The second-order valence-electron chi connectivity index (χ2n) is 4.10. The van der Waals surface area contributed by atoms with Gasteiger partial charge in [-0.1, -0.05) is 6.07 Å². The fraction of sp³-hybridized carbons (Fsp3) is 0.214. The van der Waals surface area contributed by atoms with Crippen LogP contribution in [0.15, 0.2) is 24.3 Å². The molecule has 0 atom stereocenters. The molecule has 3 N–H and O–H groups in total. The Bertz CT molecular complexity index is 597. The molecule has 22 heavy (non-hydrogen) atoms. The lowest BCUT2D eigenvalue weighted by molar-refractivity contribution is -0.144. The lowest BCUT2D eigenvalue weighted by Gasteiger charge is -2.05. The van der Waals surface area contributed by atoms with Gasteiger partial charge >= 0.3 is 5.97 Å². The number of phenolic OH excluding ortho intramolecular Hbond substituents is 1. The van der Waals surface area contributed by atoms with Gasteiger partial charge in [-0.3, -0.25) is 20.4 Å². The number of methoxy groups -OCH3 is 1. The van der Waals surface area contributed by atoms with Crippen LogP contribution in [0.4, 0.5) is 0 Å². The minimum atomic E-state index is -0.731. The van der Waals surface area contributed by atoms with Crippen molar-refractivity contribution in [3.05, 3.63) is 29.8 Å². The zero-order valence-corrected chi connectivity index (χ0v) is 12.1. The third-order valence-electron chi connectivity index (χ3n) is 2.34. The van der Waals surface area contributed by atoms with E-state index in [9.17, 15) is 19.5 Å². The van der Waals surface area contributed by atoms with Gasteiger partial charge in [0, 0.05) is 13.0 Å². The van der Waals surface area contributed by atoms with Crippen molar-refractivity contribution in [2.75, 3.05) is 13.7 Å². The Morgan fingerprint density at radius 1 is 1.27 bits per heavy atom. The predicted octanol–water partition coefficient (Wildman–Crippen LogP) is 0.124.